The summed E-state index contributed by atoms with van der Waals surface area (Å²) in [5.41, 5.74) is 1.85. The first-order valence-corrected chi connectivity index (χ1v) is 4.88. The van der Waals surface area contributed by atoms with E-state index in [9.17, 15) is 0 Å². The molecule has 0 spiro atoms. The van der Waals surface area contributed by atoms with Gasteiger partial charge in [0.1, 0.15) is 0 Å². The molecule has 0 amide bonds. The van der Waals surface area contributed by atoms with E-state index in [1.165, 1.54) is 0 Å². The summed E-state index contributed by atoms with van der Waals surface area (Å²) >= 11 is 0. The Kier molecular flexibility index (Phi) is 5.59. The maximum Gasteiger partial charge on any atom is 0.0539 e. The molecule has 0 aromatic rings. The van der Waals surface area contributed by atoms with Crippen molar-refractivity contribution in [2.75, 3.05) is 26.4 Å². The van der Waals surface area contributed by atoms with E-state index in [-0.39, 0.29) is 17.4 Å². The lowest BCUT2D eigenvalue weighted by Crippen LogP contribution is -2.33. The molecule has 0 atom stereocenters. The van der Waals surface area contributed by atoms with Gasteiger partial charge in [-0.15, -0.1) is 0 Å². The van der Waals surface area contributed by atoms with Gasteiger partial charge >= 0.3 is 0 Å². The molecule has 0 saturated heterocycles. The van der Waals surface area contributed by atoms with Gasteiger partial charge < -0.3 is 15.1 Å². The van der Waals surface area contributed by atoms with Gasteiger partial charge in [-0.05, 0) is 0 Å². The zero-order valence-electron chi connectivity index (χ0n) is 9.63. The summed E-state index contributed by atoms with van der Waals surface area (Å²) in [5, 5.41) is 17.6. The molecule has 14 heavy (non-hydrogen) atoms. The van der Waals surface area contributed by atoms with E-state index in [0.29, 0.717) is 19.8 Å². The van der Waals surface area contributed by atoms with Crippen molar-refractivity contribution in [2.24, 2.45) is 10.8 Å². The van der Waals surface area contributed by atoms with Gasteiger partial charge in [0.2, 0.25) is 0 Å². The molecule has 0 aromatic carbocycles. The lowest BCUT2D eigenvalue weighted by atomic mass is 9.94. The third-order valence-electron chi connectivity index (χ3n) is 1.97. The molecule has 0 heterocycles. The van der Waals surface area contributed by atoms with E-state index in [2.05, 4.69) is 5.48 Å². The molecule has 4 heteroatoms. The van der Waals surface area contributed by atoms with Crippen LogP contribution in [0.4, 0.5) is 0 Å². The highest BCUT2D eigenvalue weighted by Crippen LogP contribution is 2.18. The van der Waals surface area contributed by atoms with Gasteiger partial charge in [-0.25, -0.2) is 5.48 Å². The highest BCUT2D eigenvalue weighted by molar-refractivity contribution is 4.71. The Labute approximate surface area is 86.2 Å². The predicted octanol–water partition coefficient (Wildman–Crippen LogP) is 1.03. The Hall–Kier alpha value is -0.160. The van der Waals surface area contributed by atoms with Crippen LogP contribution in [0.5, 0.6) is 0 Å². The Morgan fingerprint density at radius 3 is 2.00 bits per heavy atom. The summed E-state index contributed by atoms with van der Waals surface area (Å²) in [6, 6.07) is 0. The molecule has 86 valence electrons. The second-order valence-corrected chi connectivity index (χ2v) is 5.31. The monoisotopic (exact) mass is 205 g/mol. The summed E-state index contributed by atoms with van der Waals surface area (Å²) in [6.45, 7) is 9.60. The van der Waals surface area contributed by atoms with Crippen molar-refractivity contribution in [1.82, 2.24) is 5.48 Å². The molecule has 0 bridgehead atoms. The Balaban J connectivity index is 3.73. The average molecular weight is 205 g/mol. The fourth-order valence-electron chi connectivity index (χ4n) is 0.914. The average Bonchev–Trinajstić information content (AvgIpc) is 2.03. The van der Waals surface area contributed by atoms with Crippen molar-refractivity contribution >= 4 is 0 Å². The quantitative estimate of drug-likeness (QED) is 0.543. The van der Waals surface area contributed by atoms with Crippen LogP contribution >= 0.6 is 0 Å². The molecule has 0 unspecified atom stereocenters. The first-order valence-electron chi connectivity index (χ1n) is 4.88. The third kappa shape index (κ3) is 6.32. The Morgan fingerprint density at radius 2 is 1.57 bits per heavy atom. The zero-order chi connectivity index (χ0) is 11.2. The molecular formula is C10H23NO3. The molecule has 0 saturated carbocycles. The van der Waals surface area contributed by atoms with E-state index in [1.54, 1.807) is 0 Å². The van der Waals surface area contributed by atoms with Gasteiger partial charge in [-0.3, -0.25) is 0 Å². The number of ether oxygens (including phenoxy) is 1. The number of hydrogen-bond donors (Lipinski definition) is 3. The Morgan fingerprint density at radius 1 is 1.07 bits per heavy atom. The summed E-state index contributed by atoms with van der Waals surface area (Å²) in [4.78, 5) is 0. The van der Waals surface area contributed by atoms with Crippen LogP contribution in [0.1, 0.15) is 27.7 Å². The lowest BCUT2D eigenvalue weighted by molar-refractivity contribution is -0.0144. The van der Waals surface area contributed by atoms with Crippen LogP contribution in [0.3, 0.4) is 0 Å². The first kappa shape index (κ1) is 13.8. The maximum atomic E-state index is 8.99. The molecule has 0 aliphatic carbocycles. The van der Waals surface area contributed by atoms with Gasteiger partial charge in [0.15, 0.2) is 0 Å². The highest BCUT2D eigenvalue weighted by atomic mass is 16.5. The van der Waals surface area contributed by atoms with Crippen molar-refractivity contribution in [3.05, 3.63) is 0 Å². The number of hydrogen-bond acceptors (Lipinski definition) is 4. The number of rotatable bonds is 7. The van der Waals surface area contributed by atoms with Gasteiger partial charge in [-0.1, -0.05) is 27.7 Å². The van der Waals surface area contributed by atoms with Crippen LogP contribution < -0.4 is 5.48 Å². The van der Waals surface area contributed by atoms with Crippen LogP contribution in [0, 0.1) is 10.8 Å². The second-order valence-electron chi connectivity index (χ2n) is 5.31. The number of nitrogens with one attached hydrogen (secondary N) is 1. The number of aliphatic hydroxyl groups is 1. The fourth-order valence-corrected chi connectivity index (χ4v) is 0.914. The van der Waals surface area contributed by atoms with E-state index < -0.39 is 0 Å². The molecule has 0 aromatic heterocycles. The maximum absolute atomic E-state index is 8.99. The van der Waals surface area contributed by atoms with Gasteiger partial charge in [0.25, 0.3) is 0 Å². The highest BCUT2D eigenvalue weighted by Gasteiger charge is 2.21. The smallest absolute Gasteiger partial charge is 0.0539 e. The minimum atomic E-state index is -0.192. The molecule has 0 aliphatic heterocycles. The molecule has 0 aliphatic rings. The first-order chi connectivity index (χ1) is 6.33. The third-order valence-corrected chi connectivity index (χ3v) is 1.97. The van der Waals surface area contributed by atoms with Gasteiger partial charge in [-0.2, -0.15) is 0 Å². The SMILES string of the molecule is CC(C)(CO)COCC(C)(C)CNO. The number of hydroxylamine groups is 1. The molecule has 0 radical (unpaired) electrons. The van der Waals surface area contributed by atoms with Crippen LogP contribution in [0.2, 0.25) is 0 Å². The van der Waals surface area contributed by atoms with Crippen molar-refractivity contribution in [3.8, 4) is 0 Å². The molecule has 3 N–H and O–H groups in total. The lowest BCUT2D eigenvalue weighted by Gasteiger charge is -2.27. The zero-order valence-corrected chi connectivity index (χ0v) is 9.63. The summed E-state index contributed by atoms with van der Waals surface area (Å²) in [7, 11) is 0. The minimum absolute atomic E-state index is 0.0969. The van der Waals surface area contributed by atoms with E-state index in [1.807, 2.05) is 27.7 Å². The minimum Gasteiger partial charge on any atom is -0.396 e. The van der Waals surface area contributed by atoms with Gasteiger partial charge in [0, 0.05) is 17.4 Å². The topological polar surface area (TPSA) is 61.7 Å². The standard InChI is InChI=1S/C10H23NO3/c1-9(2,5-11-13)7-14-8-10(3,4)6-12/h11-13H,5-8H2,1-4H3. The van der Waals surface area contributed by atoms with Gasteiger partial charge in [0.05, 0.1) is 19.8 Å². The normalized spacial score (nSPS) is 13.3. The largest absolute Gasteiger partial charge is 0.396 e. The molecular weight excluding hydrogens is 182 g/mol. The van der Waals surface area contributed by atoms with Crippen molar-refractivity contribution in [2.45, 2.75) is 27.7 Å². The van der Waals surface area contributed by atoms with E-state index in [4.69, 9.17) is 15.1 Å². The summed E-state index contributed by atoms with van der Waals surface area (Å²) in [6.07, 6.45) is 0. The van der Waals surface area contributed by atoms with Crippen molar-refractivity contribution in [3.63, 3.8) is 0 Å². The Bertz CT molecular complexity index is 157. The van der Waals surface area contributed by atoms with Crippen molar-refractivity contribution < 1.29 is 15.1 Å². The molecule has 0 fully saturated rings. The predicted molar refractivity (Wildman–Crippen MR) is 55.3 cm³/mol. The summed E-state index contributed by atoms with van der Waals surface area (Å²) in [5.74, 6) is 0. The molecule has 4 nitrogen and oxygen atoms in total. The molecule has 0 rings (SSSR count). The van der Waals surface area contributed by atoms with Crippen molar-refractivity contribution in [1.29, 1.82) is 0 Å². The van der Waals surface area contributed by atoms with Crippen LogP contribution in [0.15, 0.2) is 0 Å². The summed E-state index contributed by atoms with van der Waals surface area (Å²) < 4.78 is 5.50. The van der Waals surface area contributed by atoms with Crippen LogP contribution in [-0.2, 0) is 4.74 Å². The van der Waals surface area contributed by atoms with Crippen LogP contribution in [-0.4, -0.2) is 36.7 Å². The number of aliphatic hydroxyl groups excluding tert-OH is 1. The second kappa shape index (κ2) is 5.66. The van der Waals surface area contributed by atoms with Crippen LogP contribution in [0.25, 0.3) is 0 Å². The fraction of sp³-hybridized carbons (Fsp3) is 1.00. The van der Waals surface area contributed by atoms with E-state index in [0.717, 1.165) is 0 Å². The van der Waals surface area contributed by atoms with E-state index >= 15 is 0 Å².